The summed E-state index contributed by atoms with van der Waals surface area (Å²) in [5.41, 5.74) is 7.62. The Kier molecular flexibility index (Phi) is 3.73. The minimum atomic E-state index is 0.927. The van der Waals surface area contributed by atoms with Gasteiger partial charge in [-0.3, -0.25) is 0 Å². The Balaban J connectivity index is 1.69. The third-order valence-corrected chi connectivity index (χ3v) is 4.78. The smallest absolute Gasteiger partial charge is 0.0700 e. The molecule has 0 amide bonds. The van der Waals surface area contributed by atoms with Gasteiger partial charge in [-0.15, -0.1) is 0 Å². The molecule has 4 rings (SSSR count). The fourth-order valence-electron chi connectivity index (χ4n) is 3.47. The number of aromatic amines is 1. The van der Waals surface area contributed by atoms with Crippen molar-refractivity contribution in [2.24, 2.45) is 0 Å². The molecule has 0 aliphatic rings. The molecule has 0 saturated carbocycles. The minimum Gasteiger partial charge on any atom is -0.383 e. The van der Waals surface area contributed by atoms with Crippen LogP contribution in [0.4, 0.5) is 5.69 Å². The van der Waals surface area contributed by atoms with E-state index in [1.54, 1.807) is 0 Å². The zero-order chi connectivity index (χ0) is 16.5. The quantitative estimate of drug-likeness (QED) is 0.504. The molecule has 3 aromatic carbocycles. The molecule has 1 heterocycles. The van der Waals surface area contributed by atoms with Crippen LogP contribution in [0.25, 0.3) is 21.8 Å². The normalized spacial score (nSPS) is 11.2. The molecule has 120 valence electrons. The molecule has 0 radical (unpaired) electrons. The van der Waals surface area contributed by atoms with E-state index in [9.17, 15) is 0 Å². The lowest BCUT2D eigenvalue weighted by molar-refractivity contribution is 1.02. The summed E-state index contributed by atoms with van der Waals surface area (Å²) in [6.07, 6.45) is 1.02. The largest absolute Gasteiger partial charge is 0.383 e. The van der Waals surface area contributed by atoms with E-state index in [-0.39, 0.29) is 0 Å². The molecule has 0 aliphatic heterocycles. The molecule has 2 heteroatoms. The van der Waals surface area contributed by atoms with E-state index in [1.165, 1.54) is 44.2 Å². The molecule has 24 heavy (non-hydrogen) atoms. The average Bonchev–Trinajstić information content (AvgIpc) is 3.01. The Morgan fingerprint density at radius 3 is 2.42 bits per heavy atom. The van der Waals surface area contributed by atoms with Crippen molar-refractivity contribution >= 4 is 27.5 Å². The summed E-state index contributed by atoms with van der Waals surface area (Å²) in [5, 5.41) is 6.25. The number of aromatic nitrogens is 1. The number of anilines is 1. The van der Waals surface area contributed by atoms with Gasteiger partial charge in [-0.25, -0.2) is 0 Å². The van der Waals surface area contributed by atoms with Gasteiger partial charge in [-0.1, -0.05) is 54.6 Å². The van der Waals surface area contributed by atoms with Crippen LogP contribution in [0, 0.1) is 13.8 Å². The monoisotopic (exact) mass is 314 g/mol. The first-order chi connectivity index (χ1) is 11.7. The SMILES string of the molecule is Cc1ccc(C)c2c1[nH]c1c(NCCc3ccccc3)cccc12. The molecule has 0 atom stereocenters. The molecule has 2 nitrogen and oxygen atoms in total. The number of aryl methyl sites for hydroxylation is 2. The van der Waals surface area contributed by atoms with E-state index in [4.69, 9.17) is 0 Å². The van der Waals surface area contributed by atoms with Crippen LogP contribution in [0.15, 0.2) is 60.7 Å². The predicted molar refractivity (Wildman–Crippen MR) is 104 cm³/mol. The van der Waals surface area contributed by atoms with Gasteiger partial charge in [0.2, 0.25) is 0 Å². The van der Waals surface area contributed by atoms with Crippen LogP contribution in [0.1, 0.15) is 16.7 Å². The number of nitrogens with one attached hydrogen (secondary N) is 2. The summed E-state index contributed by atoms with van der Waals surface area (Å²) in [7, 11) is 0. The van der Waals surface area contributed by atoms with Gasteiger partial charge < -0.3 is 10.3 Å². The Hall–Kier alpha value is -2.74. The lowest BCUT2D eigenvalue weighted by Gasteiger charge is -2.08. The molecular formula is C22H22N2. The fourth-order valence-corrected chi connectivity index (χ4v) is 3.47. The number of H-pyrrole nitrogens is 1. The summed E-state index contributed by atoms with van der Waals surface area (Å²) < 4.78 is 0. The van der Waals surface area contributed by atoms with Crippen molar-refractivity contribution in [2.45, 2.75) is 20.3 Å². The number of fused-ring (bicyclic) bond motifs is 3. The molecule has 4 aromatic rings. The van der Waals surface area contributed by atoms with Crippen molar-refractivity contribution in [3.8, 4) is 0 Å². The number of hydrogen-bond acceptors (Lipinski definition) is 1. The summed E-state index contributed by atoms with van der Waals surface area (Å²) >= 11 is 0. The third kappa shape index (κ3) is 2.54. The Labute approximate surface area is 142 Å². The first kappa shape index (κ1) is 14.8. The fraction of sp³-hybridized carbons (Fsp3) is 0.182. The van der Waals surface area contributed by atoms with E-state index in [2.05, 4.69) is 84.8 Å². The van der Waals surface area contributed by atoms with Crippen molar-refractivity contribution in [1.82, 2.24) is 4.98 Å². The average molecular weight is 314 g/mol. The van der Waals surface area contributed by atoms with Crippen molar-refractivity contribution in [2.75, 3.05) is 11.9 Å². The minimum absolute atomic E-state index is 0.927. The van der Waals surface area contributed by atoms with E-state index >= 15 is 0 Å². The number of para-hydroxylation sites is 1. The van der Waals surface area contributed by atoms with Gasteiger partial charge in [0.15, 0.2) is 0 Å². The van der Waals surface area contributed by atoms with Crippen LogP contribution < -0.4 is 5.32 Å². The van der Waals surface area contributed by atoms with E-state index < -0.39 is 0 Å². The van der Waals surface area contributed by atoms with Crippen LogP contribution in [0.5, 0.6) is 0 Å². The van der Waals surface area contributed by atoms with Crippen LogP contribution in [0.3, 0.4) is 0 Å². The molecule has 0 spiro atoms. The highest BCUT2D eigenvalue weighted by atomic mass is 14.9. The van der Waals surface area contributed by atoms with Crippen LogP contribution in [-0.4, -0.2) is 11.5 Å². The summed E-state index contributed by atoms with van der Waals surface area (Å²) in [6, 6.07) is 21.5. The lowest BCUT2D eigenvalue weighted by Crippen LogP contribution is -2.05. The maximum atomic E-state index is 3.64. The first-order valence-electron chi connectivity index (χ1n) is 8.52. The van der Waals surface area contributed by atoms with Gasteiger partial charge in [-0.2, -0.15) is 0 Å². The Bertz CT molecular complexity index is 997. The third-order valence-electron chi connectivity index (χ3n) is 4.78. The summed E-state index contributed by atoms with van der Waals surface area (Å²) in [4.78, 5) is 3.64. The second-order valence-electron chi connectivity index (χ2n) is 6.46. The number of benzene rings is 3. The highest BCUT2D eigenvalue weighted by molar-refractivity contribution is 6.13. The Morgan fingerprint density at radius 2 is 1.58 bits per heavy atom. The zero-order valence-electron chi connectivity index (χ0n) is 14.2. The van der Waals surface area contributed by atoms with E-state index in [1.807, 2.05) is 0 Å². The maximum absolute atomic E-state index is 3.64. The first-order valence-corrected chi connectivity index (χ1v) is 8.52. The standard InChI is InChI=1S/C22H22N2/c1-15-11-12-16(2)21-20(15)18-9-6-10-19(22(18)24-21)23-14-13-17-7-4-3-5-8-17/h3-12,23-24H,13-14H2,1-2H3. The van der Waals surface area contributed by atoms with Crippen LogP contribution in [0.2, 0.25) is 0 Å². The molecule has 1 aromatic heterocycles. The van der Waals surface area contributed by atoms with Gasteiger partial charge in [-0.05, 0) is 43.0 Å². The number of hydrogen-bond donors (Lipinski definition) is 2. The van der Waals surface area contributed by atoms with Crippen molar-refractivity contribution in [3.05, 3.63) is 77.4 Å². The van der Waals surface area contributed by atoms with Gasteiger partial charge in [0, 0.05) is 22.8 Å². The van der Waals surface area contributed by atoms with E-state index in [0.29, 0.717) is 0 Å². The molecular weight excluding hydrogens is 292 g/mol. The molecule has 2 N–H and O–H groups in total. The molecule has 0 bridgehead atoms. The van der Waals surface area contributed by atoms with Gasteiger partial charge in [0.05, 0.1) is 11.2 Å². The molecule has 0 unspecified atom stereocenters. The highest BCUT2D eigenvalue weighted by Gasteiger charge is 2.11. The van der Waals surface area contributed by atoms with E-state index in [0.717, 1.165) is 13.0 Å². The predicted octanol–water partition coefficient (Wildman–Crippen LogP) is 5.59. The second-order valence-corrected chi connectivity index (χ2v) is 6.46. The Morgan fingerprint density at radius 1 is 0.792 bits per heavy atom. The van der Waals surface area contributed by atoms with Gasteiger partial charge in [0.1, 0.15) is 0 Å². The topological polar surface area (TPSA) is 27.8 Å². The molecule has 0 aliphatic carbocycles. The summed E-state index contributed by atoms with van der Waals surface area (Å²) in [5.74, 6) is 0. The molecule has 0 fully saturated rings. The van der Waals surface area contributed by atoms with Crippen molar-refractivity contribution in [3.63, 3.8) is 0 Å². The van der Waals surface area contributed by atoms with Crippen molar-refractivity contribution in [1.29, 1.82) is 0 Å². The highest BCUT2D eigenvalue weighted by Crippen LogP contribution is 2.33. The summed E-state index contributed by atoms with van der Waals surface area (Å²) in [6.45, 7) is 5.28. The second kappa shape index (κ2) is 6.04. The van der Waals surface area contributed by atoms with Gasteiger partial charge in [0.25, 0.3) is 0 Å². The van der Waals surface area contributed by atoms with Crippen LogP contribution >= 0.6 is 0 Å². The lowest BCUT2D eigenvalue weighted by atomic mass is 10.0. The van der Waals surface area contributed by atoms with Gasteiger partial charge >= 0.3 is 0 Å². The zero-order valence-corrected chi connectivity index (χ0v) is 14.2. The van der Waals surface area contributed by atoms with Crippen LogP contribution in [-0.2, 0) is 6.42 Å². The number of rotatable bonds is 4. The van der Waals surface area contributed by atoms with Crippen molar-refractivity contribution < 1.29 is 0 Å². The maximum Gasteiger partial charge on any atom is 0.0700 e. The molecule has 0 saturated heterocycles.